The molecule has 1 aromatic rings. The van der Waals surface area contributed by atoms with E-state index in [2.05, 4.69) is 34.1 Å². The minimum Gasteiger partial charge on any atom is -0.394 e. The Balaban J connectivity index is 2.33. The molecular weight excluding hydrogens is 242 g/mol. The largest absolute Gasteiger partial charge is 0.394 e. The summed E-state index contributed by atoms with van der Waals surface area (Å²) in [6.07, 6.45) is 2.62. The lowest BCUT2D eigenvalue weighted by atomic mass is 9.79. The highest BCUT2D eigenvalue weighted by atomic mass is 79.9. The fraction of sp³-hybridized carbons (Fsp3) is 0.455. The number of aliphatic hydroxyl groups is 1. The van der Waals surface area contributed by atoms with Crippen LogP contribution in [0.25, 0.3) is 0 Å². The zero-order chi connectivity index (χ0) is 10.2. The van der Waals surface area contributed by atoms with E-state index in [1.54, 1.807) is 0 Å². The van der Waals surface area contributed by atoms with E-state index < -0.39 is 5.54 Å². The van der Waals surface area contributed by atoms with Crippen LogP contribution in [-0.2, 0) is 12.8 Å². The Morgan fingerprint density at radius 3 is 2.93 bits per heavy atom. The fourth-order valence-corrected chi connectivity index (χ4v) is 2.40. The van der Waals surface area contributed by atoms with Crippen molar-refractivity contribution in [2.24, 2.45) is 5.73 Å². The molecular formula is C11H14BrNO. The molecule has 0 fully saturated rings. The first-order valence-corrected chi connectivity index (χ1v) is 5.59. The van der Waals surface area contributed by atoms with Gasteiger partial charge in [-0.15, -0.1) is 0 Å². The molecule has 0 saturated carbocycles. The van der Waals surface area contributed by atoms with Gasteiger partial charge in [0.15, 0.2) is 0 Å². The van der Waals surface area contributed by atoms with Crippen LogP contribution in [0.3, 0.4) is 0 Å². The molecule has 0 spiro atoms. The lowest BCUT2D eigenvalue weighted by Gasteiger charge is -2.33. The first-order chi connectivity index (χ1) is 6.63. The van der Waals surface area contributed by atoms with Crippen LogP contribution in [0.4, 0.5) is 0 Å². The SMILES string of the molecule is NC1(CO)CCc2ccc(Br)cc2C1. The molecule has 1 aliphatic carbocycles. The summed E-state index contributed by atoms with van der Waals surface area (Å²) >= 11 is 3.45. The van der Waals surface area contributed by atoms with Crippen LogP contribution in [-0.4, -0.2) is 17.3 Å². The average molecular weight is 256 g/mol. The van der Waals surface area contributed by atoms with Gasteiger partial charge in [0.05, 0.1) is 6.61 Å². The third-order valence-corrected chi connectivity index (χ3v) is 3.41. The number of rotatable bonds is 1. The van der Waals surface area contributed by atoms with Crippen molar-refractivity contribution in [2.75, 3.05) is 6.61 Å². The summed E-state index contributed by atoms with van der Waals surface area (Å²) < 4.78 is 1.08. The molecule has 3 heteroatoms. The quantitative estimate of drug-likeness (QED) is 0.802. The van der Waals surface area contributed by atoms with Gasteiger partial charge in [-0.2, -0.15) is 0 Å². The molecule has 76 valence electrons. The molecule has 14 heavy (non-hydrogen) atoms. The normalized spacial score (nSPS) is 25.9. The van der Waals surface area contributed by atoms with E-state index in [9.17, 15) is 5.11 Å². The lowest BCUT2D eigenvalue weighted by molar-refractivity contribution is 0.181. The van der Waals surface area contributed by atoms with E-state index in [-0.39, 0.29) is 6.61 Å². The Kier molecular flexibility index (Phi) is 2.64. The molecule has 0 aliphatic heterocycles. The molecule has 3 N–H and O–H groups in total. The summed E-state index contributed by atoms with van der Waals surface area (Å²) in [6, 6.07) is 6.30. The smallest absolute Gasteiger partial charge is 0.0614 e. The molecule has 0 amide bonds. The zero-order valence-electron chi connectivity index (χ0n) is 7.96. The van der Waals surface area contributed by atoms with Gasteiger partial charge < -0.3 is 10.8 Å². The van der Waals surface area contributed by atoms with Crippen LogP contribution in [0.15, 0.2) is 22.7 Å². The summed E-state index contributed by atoms with van der Waals surface area (Å²) in [5.74, 6) is 0. The topological polar surface area (TPSA) is 46.2 Å². The Bertz CT molecular complexity index is 353. The van der Waals surface area contributed by atoms with Gasteiger partial charge in [-0.1, -0.05) is 22.0 Å². The molecule has 0 aromatic heterocycles. The van der Waals surface area contributed by atoms with Crippen LogP contribution in [0.5, 0.6) is 0 Å². The second kappa shape index (κ2) is 3.65. The second-order valence-corrected chi connectivity index (χ2v) is 5.03. The Morgan fingerprint density at radius 1 is 1.43 bits per heavy atom. The first kappa shape index (κ1) is 10.1. The predicted molar refractivity (Wildman–Crippen MR) is 60.2 cm³/mol. The number of halogens is 1. The van der Waals surface area contributed by atoms with E-state index in [0.717, 1.165) is 23.7 Å². The maximum Gasteiger partial charge on any atom is 0.0614 e. The summed E-state index contributed by atoms with van der Waals surface area (Å²) in [5, 5.41) is 9.21. The van der Waals surface area contributed by atoms with Crippen molar-refractivity contribution < 1.29 is 5.11 Å². The van der Waals surface area contributed by atoms with Crippen molar-refractivity contribution in [2.45, 2.75) is 24.8 Å². The van der Waals surface area contributed by atoms with Gasteiger partial charge in [0.1, 0.15) is 0 Å². The average Bonchev–Trinajstić information content (AvgIpc) is 2.17. The van der Waals surface area contributed by atoms with Crippen molar-refractivity contribution in [3.8, 4) is 0 Å². The molecule has 0 radical (unpaired) electrons. The van der Waals surface area contributed by atoms with E-state index in [4.69, 9.17) is 5.73 Å². The summed E-state index contributed by atoms with van der Waals surface area (Å²) in [7, 11) is 0. The van der Waals surface area contributed by atoms with Crippen LogP contribution < -0.4 is 5.73 Å². The fourth-order valence-electron chi connectivity index (χ4n) is 1.99. The highest BCUT2D eigenvalue weighted by molar-refractivity contribution is 9.10. The minimum absolute atomic E-state index is 0.0684. The second-order valence-electron chi connectivity index (χ2n) is 4.11. The third kappa shape index (κ3) is 1.85. The monoisotopic (exact) mass is 255 g/mol. The molecule has 2 nitrogen and oxygen atoms in total. The van der Waals surface area contributed by atoms with E-state index >= 15 is 0 Å². The number of nitrogens with two attached hydrogens (primary N) is 1. The molecule has 0 saturated heterocycles. The van der Waals surface area contributed by atoms with Gasteiger partial charge in [0.25, 0.3) is 0 Å². The summed E-state index contributed by atoms with van der Waals surface area (Å²) in [5.41, 5.74) is 8.28. The molecule has 1 aliphatic rings. The van der Waals surface area contributed by atoms with E-state index in [1.165, 1.54) is 11.1 Å². The van der Waals surface area contributed by atoms with Crippen LogP contribution >= 0.6 is 15.9 Å². The maximum atomic E-state index is 9.21. The van der Waals surface area contributed by atoms with Gasteiger partial charge in [0, 0.05) is 10.0 Å². The van der Waals surface area contributed by atoms with Crippen molar-refractivity contribution >= 4 is 15.9 Å². The number of fused-ring (bicyclic) bond motifs is 1. The van der Waals surface area contributed by atoms with E-state index in [0.29, 0.717) is 0 Å². The first-order valence-electron chi connectivity index (χ1n) is 4.80. The van der Waals surface area contributed by atoms with Crippen LogP contribution in [0.2, 0.25) is 0 Å². The van der Waals surface area contributed by atoms with Crippen molar-refractivity contribution in [1.82, 2.24) is 0 Å². The Morgan fingerprint density at radius 2 is 2.21 bits per heavy atom. The van der Waals surface area contributed by atoms with Gasteiger partial charge in [-0.05, 0) is 42.5 Å². The van der Waals surface area contributed by atoms with E-state index in [1.807, 2.05) is 0 Å². The highest BCUT2D eigenvalue weighted by Crippen LogP contribution is 2.28. The standard InChI is InChI=1S/C11H14BrNO/c12-10-2-1-8-3-4-11(13,7-14)6-9(8)5-10/h1-2,5,14H,3-4,6-7,13H2. The minimum atomic E-state index is -0.409. The molecule has 1 unspecified atom stereocenters. The Labute approximate surface area is 92.3 Å². The van der Waals surface area contributed by atoms with Crippen molar-refractivity contribution in [1.29, 1.82) is 0 Å². The van der Waals surface area contributed by atoms with Crippen molar-refractivity contribution in [3.63, 3.8) is 0 Å². The van der Waals surface area contributed by atoms with Gasteiger partial charge >= 0.3 is 0 Å². The number of aryl methyl sites for hydroxylation is 1. The summed E-state index contributed by atoms with van der Waals surface area (Å²) in [4.78, 5) is 0. The Hall–Kier alpha value is -0.380. The maximum absolute atomic E-state index is 9.21. The molecule has 2 rings (SSSR count). The van der Waals surface area contributed by atoms with Gasteiger partial charge in [-0.3, -0.25) is 0 Å². The number of hydrogen-bond acceptors (Lipinski definition) is 2. The van der Waals surface area contributed by atoms with Crippen LogP contribution in [0.1, 0.15) is 17.5 Å². The predicted octanol–water partition coefficient (Wildman–Crippen LogP) is 1.63. The van der Waals surface area contributed by atoms with Crippen molar-refractivity contribution in [3.05, 3.63) is 33.8 Å². The van der Waals surface area contributed by atoms with Crippen LogP contribution in [0, 0.1) is 0 Å². The van der Waals surface area contributed by atoms with Gasteiger partial charge in [0.2, 0.25) is 0 Å². The molecule has 0 bridgehead atoms. The molecule has 1 aromatic carbocycles. The lowest BCUT2D eigenvalue weighted by Crippen LogP contribution is -2.48. The molecule has 0 heterocycles. The van der Waals surface area contributed by atoms with Gasteiger partial charge in [-0.25, -0.2) is 0 Å². The third-order valence-electron chi connectivity index (χ3n) is 2.92. The number of hydrogen-bond donors (Lipinski definition) is 2. The number of aliphatic hydroxyl groups excluding tert-OH is 1. The highest BCUT2D eigenvalue weighted by Gasteiger charge is 2.29. The summed E-state index contributed by atoms with van der Waals surface area (Å²) in [6.45, 7) is 0.0684. The number of benzene rings is 1. The zero-order valence-corrected chi connectivity index (χ0v) is 9.55. The molecule has 1 atom stereocenters.